The zero-order valence-electron chi connectivity index (χ0n) is 18.1. The summed E-state index contributed by atoms with van der Waals surface area (Å²) in [5.74, 6) is -2.99. The predicted octanol–water partition coefficient (Wildman–Crippen LogP) is 1.92. The van der Waals surface area contributed by atoms with Gasteiger partial charge in [-0.2, -0.15) is 4.31 Å². The molecule has 0 bridgehead atoms. The number of hydrogen-bond acceptors (Lipinski definition) is 6. The van der Waals surface area contributed by atoms with Crippen LogP contribution < -0.4 is 4.74 Å². The third kappa shape index (κ3) is 7.04. The minimum Gasteiger partial charge on any atom is -0.497 e. The van der Waals surface area contributed by atoms with Crippen LogP contribution in [0.25, 0.3) is 0 Å². The second kappa shape index (κ2) is 11.6. The number of rotatable bonds is 6. The molecular formula is C22H28N2O7S. The summed E-state index contributed by atoms with van der Waals surface area (Å²) in [4.78, 5) is 20.8. The minimum atomic E-state index is -3.44. The van der Waals surface area contributed by atoms with E-state index in [9.17, 15) is 8.42 Å². The fraction of sp³-hybridized carbons (Fsp3) is 0.364. The van der Waals surface area contributed by atoms with Gasteiger partial charge in [0.2, 0.25) is 10.0 Å². The third-order valence-electron chi connectivity index (χ3n) is 5.05. The second-order valence-corrected chi connectivity index (χ2v) is 9.07. The zero-order valence-corrected chi connectivity index (χ0v) is 18.9. The number of carbonyl (C=O) groups is 2. The summed E-state index contributed by atoms with van der Waals surface area (Å²) in [6.07, 6.45) is 1.04. The van der Waals surface area contributed by atoms with Gasteiger partial charge in [0.25, 0.3) is 0 Å². The Morgan fingerprint density at radius 2 is 1.38 bits per heavy atom. The summed E-state index contributed by atoms with van der Waals surface area (Å²) < 4.78 is 32.3. The van der Waals surface area contributed by atoms with Gasteiger partial charge in [0.05, 0.1) is 12.0 Å². The number of benzene rings is 2. The molecule has 1 heterocycles. The van der Waals surface area contributed by atoms with Crippen molar-refractivity contribution in [2.75, 3.05) is 33.3 Å². The molecule has 174 valence electrons. The number of carboxylic acid groups (broad SMARTS) is 2. The Kier molecular flexibility index (Phi) is 9.18. The Labute approximate surface area is 187 Å². The van der Waals surface area contributed by atoms with Gasteiger partial charge in [0.15, 0.2) is 0 Å². The number of sulfonamides is 1. The molecule has 10 heteroatoms. The molecule has 0 aromatic heterocycles. The lowest BCUT2D eigenvalue weighted by Gasteiger charge is -2.34. The maximum absolute atomic E-state index is 12.8. The van der Waals surface area contributed by atoms with E-state index >= 15 is 0 Å². The fourth-order valence-electron chi connectivity index (χ4n) is 3.16. The average molecular weight is 465 g/mol. The maximum Gasteiger partial charge on any atom is 0.414 e. The molecule has 32 heavy (non-hydrogen) atoms. The van der Waals surface area contributed by atoms with Crippen molar-refractivity contribution in [1.29, 1.82) is 0 Å². The summed E-state index contributed by atoms with van der Waals surface area (Å²) in [6, 6.07) is 15.2. The van der Waals surface area contributed by atoms with Gasteiger partial charge in [-0.05, 0) is 41.8 Å². The molecule has 1 saturated heterocycles. The number of methoxy groups -OCH3 is 1. The van der Waals surface area contributed by atoms with E-state index in [0.29, 0.717) is 23.7 Å². The van der Waals surface area contributed by atoms with E-state index in [4.69, 9.17) is 24.5 Å². The Balaban J connectivity index is 0.000000534. The summed E-state index contributed by atoms with van der Waals surface area (Å²) in [6.45, 7) is 5.52. The molecule has 0 amide bonds. The van der Waals surface area contributed by atoms with Crippen molar-refractivity contribution in [3.8, 4) is 5.75 Å². The molecule has 0 radical (unpaired) electrons. The van der Waals surface area contributed by atoms with Crippen molar-refractivity contribution < 1.29 is 33.0 Å². The highest BCUT2D eigenvalue weighted by atomic mass is 32.2. The van der Waals surface area contributed by atoms with Gasteiger partial charge in [-0.15, -0.1) is 0 Å². The quantitative estimate of drug-likeness (QED) is 0.622. The normalized spacial score (nSPS) is 14.8. The van der Waals surface area contributed by atoms with Crippen molar-refractivity contribution in [2.45, 2.75) is 24.8 Å². The van der Waals surface area contributed by atoms with Crippen LogP contribution in [0.4, 0.5) is 0 Å². The van der Waals surface area contributed by atoms with E-state index in [1.54, 1.807) is 35.7 Å². The lowest BCUT2D eigenvalue weighted by Crippen LogP contribution is -2.48. The van der Waals surface area contributed by atoms with Crippen LogP contribution in [-0.4, -0.2) is 73.1 Å². The SMILES string of the molecule is CCc1ccc(CN2CCN(S(=O)(=O)c3ccc(OC)cc3)CC2)cc1.O=C(O)C(=O)O. The molecule has 2 N–H and O–H groups in total. The van der Waals surface area contributed by atoms with Crippen molar-refractivity contribution in [1.82, 2.24) is 9.21 Å². The Bertz CT molecular complexity index is 986. The largest absolute Gasteiger partial charge is 0.497 e. The molecule has 1 aliphatic heterocycles. The highest BCUT2D eigenvalue weighted by Gasteiger charge is 2.28. The van der Waals surface area contributed by atoms with E-state index in [0.717, 1.165) is 26.1 Å². The van der Waals surface area contributed by atoms with Crippen molar-refractivity contribution in [3.05, 3.63) is 59.7 Å². The maximum atomic E-state index is 12.8. The number of ether oxygens (including phenoxy) is 1. The first-order valence-corrected chi connectivity index (χ1v) is 11.5. The molecular weight excluding hydrogens is 436 g/mol. The molecule has 0 spiro atoms. The second-order valence-electron chi connectivity index (χ2n) is 7.14. The highest BCUT2D eigenvalue weighted by Crippen LogP contribution is 2.21. The van der Waals surface area contributed by atoms with E-state index in [-0.39, 0.29) is 0 Å². The van der Waals surface area contributed by atoms with Crippen molar-refractivity contribution >= 4 is 22.0 Å². The van der Waals surface area contributed by atoms with Gasteiger partial charge >= 0.3 is 11.9 Å². The molecule has 1 aliphatic rings. The zero-order chi connectivity index (χ0) is 23.7. The fourth-order valence-corrected chi connectivity index (χ4v) is 4.59. The van der Waals surface area contributed by atoms with Gasteiger partial charge in [0.1, 0.15) is 5.75 Å². The van der Waals surface area contributed by atoms with E-state index < -0.39 is 22.0 Å². The van der Waals surface area contributed by atoms with Gasteiger partial charge < -0.3 is 14.9 Å². The number of hydrogen-bond donors (Lipinski definition) is 2. The molecule has 2 aromatic rings. The Morgan fingerprint density at radius 3 is 1.81 bits per heavy atom. The summed E-state index contributed by atoms with van der Waals surface area (Å²) in [5.41, 5.74) is 2.61. The van der Waals surface area contributed by atoms with Crippen LogP contribution in [0.15, 0.2) is 53.4 Å². The van der Waals surface area contributed by atoms with E-state index in [1.165, 1.54) is 11.1 Å². The number of carboxylic acids is 2. The molecule has 0 saturated carbocycles. The molecule has 0 unspecified atom stereocenters. The number of aliphatic carboxylic acids is 2. The van der Waals surface area contributed by atoms with Crippen LogP contribution in [0.2, 0.25) is 0 Å². The van der Waals surface area contributed by atoms with Crippen LogP contribution in [0.1, 0.15) is 18.1 Å². The van der Waals surface area contributed by atoms with Gasteiger partial charge in [-0.3, -0.25) is 4.90 Å². The van der Waals surface area contributed by atoms with Crippen LogP contribution in [-0.2, 0) is 32.6 Å². The topological polar surface area (TPSA) is 124 Å². The lowest BCUT2D eigenvalue weighted by atomic mass is 10.1. The number of aryl methyl sites for hydroxylation is 1. The molecule has 3 rings (SSSR count). The first-order valence-electron chi connectivity index (χ1n) is 10.1. The summed E-state index contributed by atoms with van der Waals surface area (Å²) in [5, 5.41) is 14.8. The van der Waals surface area contributed by atoms with Gasteiger partial charge in [0, 0.05) is 32.7 Å². The summed E-state index contributed by atoms with van der Waals surface area (Å²) >= 11 is 0. The lowest BCUT2D eigenvalue weighted by molar-refractivity contribution is -0.159. The highest BCUT2D eigenvalue weighted by molar-refractivity contribution is 7.89. The van der Waals surface area contributed by atoms with Crippen molar-refractivity contribution in [3.63, 3.8) is 0 Å². The van der Waals surface area contributed by atoms with Gasteiger partial charge in [-0.1, -0.05) is 31.2 Å². The van der Waals surface area contributed by atoms with Crippen LogP contribution in [0, 0.1) is 0 Å². The van der Waals surface area contributed by atoms with Crippen LogP contribution >= 0.6 is 0 Å². The first kappa shape index (κ1) is 25.3. The number of piperazine rings is 1. The van der Waals surface area contributed by atoms with Gasteiger partial charge in [-0.25, -0.2) is 18.0 Å². The van der Waals surface area contributed by atoms with Crippen LogP contribution in [0.3, 0.4) is 0 Å². The molecule has 2 aromatic carbocycles. The first-order chi connectivity index (χ1) is 15.2. The predicted molar refractivity (Wildman–Crippen MR) is 118 cm³/mol. The van der Waals surface area contributed by atoms with Crippen LogP contribution in [0.5, 0.6) is 5.75 Å². The summed E-state index contributed by atoms with van der Waals surface area (Å²) in [7, 11) is -1.87. The van der Waals surface area contributed by atoms with E-state index in [2.05, 4.69) is 36.1 Å². The Morgan fingerprint density at radius 1 is 0.875 bits per heavy atom. The average Bonchev–Trinajstić information content (AvgIpc) is 2.80. The van der Waals surface area contributed by atoms with E-state index in [1.807, 2.05) is 0 Å². The van der Waals surface area contributed by atoms with Crippen molar-refractivity contribution in [2.24, 2.45) is 0 Å². The minimum absolute atomic E-state index is 0.321. The monoisotopic (exact) mass is 464 g/mol. The Hall–Kier alpha value is -2.95. The molecule has 0 atom stereocenters. The number of nitrogens with zero attached hydrogens (tertiary/aromatic N) is 2. The standard InChI is InChI=1S/C20H26N2O3S.C2H2O4/c1-3-17-4-6-18(7-5-17)16-21-12-14-22(15-13-21)26(23,24)20-10-8-19(25-2)9-11-20;3-1(4)2(5)6/h4-11H,3,12-16H2,1-2H3;(H,3,4)(H,5,6). The molecule has 9 nitrogen and oxygen atoms in total. The molecule has 1 fully saturated rings. The third-order valence-corrected chi connectivity index (χ3v) is 6.96. The smallest absolute Gasteiger partial charge is 0.414 e. The molecule has 0 aliphatic carbocycles.